The number of nitrogens with two attached hydrogens (primary N) is 2. The van der Waals surface area contributed by atoms with Gasteiger partial charge in [-0.05, 0) is 111 Å². The van der Waals surface area contributed by atoms with Crippen LogP contribution in [0.2, 0.25) is 0 Å². The second kappa shape index (κ2) is 9.02. The predicted molar refractivity (Wildman–Crippen MR) is 146 cm³/mol. The standard InChI is InChI=1S/C30H53N5O/c1-20-15-26-30(32,35(18-20)14-13-33-4)11-10-27(2)19-29(27)17-25-23(24(29)8-12-34-36-26)6-5-21-16-22(31)7-9-28(21,25)3/h5,20,22-26,33-34H,6-19,31-32H2,1-4H3. The Labute approximate surface area is 219 Å². The molecule has 0 amide bonds. The van der Waals surface area contributed by atoms with Crippen molar-refractivity contribution in [1.29, 1.82) is 0 Å². The average molecular weight is 500 g/mol. The first-order valence-corrected chi connectivity index (χ1v) is 15.2. The quantitative estimate of drug-likeness (QED) is 0.442. The van der Waals surface area contributed by atoms with Gasteiger partial charge in [0.15, 0.2) is 0 Å². The summed E-state index contributed by atoms with van der Waals surface area (Å²) in [5.41, 5.74) is 19.9. The molecule has 6 rings (SSSR count). The summed E-state index contributed by atoms with van der Waals surface area (Å²) in [4.78, 5) is 9.03. The second-order valence-corrected chi connectivity index (χ2v) is 14.5. The Morgan fingerprint density at radius 2 is 2.03 bits per heavy atom. The molecular formula is C30H53N5O. The Morgan fingerprint density at radius 1 is 1.19 bits per heavy atom. The van der Waals surface area contributed by atoms with E-state index in [2.05, 4.69) is 42.5 Å². The number of likely N-dealkylation sites (tertiary alicyclic amines) is 1. The van der Waals surface area contributed by atoms with Crippen LogP contribution < -0.4 is 22.3 Å². The summed E-state index contributed by atoms with van der Waals surface area (Å²) in [5.74, 6) is 3.04. The van der Waals surface area contributed by atoms with Crippen molar-refractivity contribution in [3.05, 3.63) is 11.6 Å². The Bertz CT molecular complexity index is 879. The highest BCUT2D eigenvalue weighted by Gasteiger charge is 2.74. The molecule has 6 heteroatoms. The van der Waals surface area contributed by atoms with E-state index in [4.69, 9.17) is 16.3 Å². The van der Waals surface area contributed by atoms with Crippen molar-refractivity contribution in [2.45, 2.75) is 103 Å². The molecule has 204 valence electrons. The van der Waals surface area contributed by atoms with Crippen molar-refractivity contribution in [2.75, 3.05) is 33.2 Å². The lowest BCUT2D eigenvalue weighted by Crippen LogP contribution is -2.69. The van der Waals surface area contributed by atoms with E-state index in [1.54, 1.807) is 5.57 Å². The highest BCUT2D eigenvalue weighted by Crippen LogP contribution is 2.81. The Kier molecular flexibility index (Phi) is 6.46. The molecule has 2 heterocycles. The topological polar surface area (TPSA) is 88.6 Å². The summed E-state index contributed by atoms with van der Waals surface area (Å²) in [6.45, 7) is 11.5. The molecule has 0 aromatic heterocycles. The van der Waals surface area contributed by atoms with E-state index < -0.39 is 5.66 Å². The van der Waals surface area contributed by atoms with Crippen molar-refractivity contribution >= 4 is 0 Å². The highest BCUT2D eigenvalue weighted by atomic mass is 16.7. The summed E-state index contributed by atoms with van der Waals surface area (Å²) in [6, 6.07) is 0.371. The zero-order valence-electron chi connectivity index (χ0n) is 23.5. The molecule has 0 aromatic carbocycles. The first-order valence-electron chi connectivity index (χ1n) is 15.2. The van der Waals surface area contributed by atoms with Crippen molar-refractivity contribution in [3.63, 3.8) is 0 Å². The summed E-state index contributed by atoms with van der Waals surface area (Å²) in [5, 5.41) is 3.35. The third-order valence-electron chi connectivity index (χ3n) is 12.6. The molecule has 1 spiro atoms. The minimum Gasteiger partial charge on any atom is -0.327 e. The third-order valence-corrected chi connectivity index (χ3v) is 12.6. The van der Waals surface area contributed by atoms with Gasteiger partial charge in [-0.3, -0.25) is 9.74 Å². The molecule has 0 radical (unpaired) electrons. The fraction of sp³-hybridized carbons (Fsp3) is 0.933. The van der Waals surface area contributed by atoms with Crippen LogP contribution in [0, 0.1) is 39.9 Å². The third kappa shape index (κ3) is 3.80. The minimum absolute atomic E-state index is 0.0487. The van der Waals surface area contributed by atoms with E-state index >= 15 is 0 Å². The normalized spacial score (nSPS) is 53.1. The lowest BCUT2D eigenvalue weighted by atomic mass is 9.56. The molecule has 6 N–H and O–H groups in total. The number of rotatable bonds is 3. The lowest BCUT2D eigenvalue weighted by Gasteiger charge is -2.51. The van der Waals surface area contributed by atoms with E-state index in [0.717, 1.165) is 63.2 Å². The molecular weight excluding hydrogens is 446 g/mol. The van der Waals surface area contributed by atoms with Gasteiger partial charge in [-0.2, -0.15) is 0 Å². The smallest absolute Gasteiger partial charge is 0.111 e. The fourth-order valence-corrected chi connectivity index (χ4v) is 10.3. The monoisotopic (exact) mass is 499 g/mol. The predicted octanol–water partition coefficient (Wildman–Crippen LogP) is 3.77. The number of piperidine rings is 1. The number of fused-ring (bicyclic) bond motifs is 5. The van der Waals surface area contributed by atoms with E-state index in [-0.39, 0.29) is 6.10 Å². The molecule has 10 atom stereocenters. The molecule has 6 aliphatic rings. The van der Waals surface area contributed by atoms with Gasteiger partial charge in [0.05, 0.1) is 5.66 Å². The summed E-state index contributed by atoms with van der Waals surface area (Å²) in [6.07, 6.45) is 14.9. The van der Waals surface area contributed by atoms with E-state index in [1.165, 1.54) is 44.9 Å². The average Bonchev–Trinajstić information content (AvgIpc) is 3.29. The number of likely N-dealkylation sites (N-methyl/N-ethyl adjacent to an activating group) is 1. The number of nitrogens with one attached hydrogen (secondary N) is 2. The van der Waals surface area contributed by atoms with E-state index in [9.17, 15) is 0 Å². The number of hydrogen-bond donors (Lipinski definition) is 4. The van der Waals surface area contributed by atoms with Crippen LogP contribution in [0.3, 0.4) is 0 Å². The number of hydrogen-bond acceptors (Lipinski definition) is 6. The lowest BCUT2D eigenvalue weighted by molar-refractivity contribution is -0.150. The number of hydroxylamine groups is 1. The van der Waals surface area contributed by atoms with Gasteiger partial charge in [0, 0.05) is 32.2 Å². The largest absolute Gasteiger partial charge is 0.327 e. The fourth-order valence-electron chi connectivity index (χ4n) is 10.3. The molecule has 5 fully saturated rings. The van der Waals surface area contributed by atoms with Gasteiger partial charge in [0.25, 0.3) is 0 Å². The van der Waals surface area contributed by atoms with Crippen LogP contribution in [-0.4, -0.2) is 55.9 Å². The van der Waals surface area contributed by atoms with Crippen molar-refractivity contribution in [2.24, 2.45) is 51.4 Å². The maximum Gasteiger partial charge on any atom is 0.111 e. The van der Waals surface area contributed by atoms with Crippen LogP contribution in [0.4, 0.5) is 0 Å². The van der Waals surface area contributed by atoms with Crippen molar-refractivity contribution in [3.8, 4) is 0 Å². The van der Waals surface area contributed by atoms with Gasteiger partial charge >= 0.3 is 0 Å². The first kappa shape index (κ1) is 25.8. The molecule has 3 saturated carbocycles. The van der Waals surface area contributed by atoms with Crippen molar-refractivity contribution in [1.82, 2.24) is 15.7 Å². The van der Waals surface area contributed by atoms with Gasteiger partial charge in [-0.15, -0.1) is 0 Å². The van der Waals surface area contributed by atoms with Crippen molar-refractivity contribution < 1.29 is 4.84 Å². The molecule has 4 aliphatic carbocycles. The van der Waals surface area contributed by atoms with Gasteiger partial charge in [-0.1, -0.05) is 32.4 Å². The molecule has 0 bridgehead atoms. The second-order valence-electron chi connectivity index (χ2n) is 14.5. The minimum atomic E-state index is -0.394. The van der Waals surface area contributed by atoms with Crippen LogP contribution in [0.15, 0.2) is 11.6 Å². The molecule has 2 aliphatic heterocycles. The van der Waals surface area contributed by atoms with Gasteiger partial charge in [0.1, 0.15) is 6.10 Å². The van der Waals surface area contributed by atoms with E-state index in [1.807, 2.05) is 7.05 Å². The number of nitrogens with zero attached hydrogens (tertiary/aromatic N) is 1. The summed E-state index contributed by atoms with van der Waals surface area (Å²) >= 11 is 0. The zero-order valence-corrected chi connectivity index (χ0v) is 23.5. The SMILES string of the molecule is CNCCN1CC(C)CC2ONCCC3C4CC=C5CC(N)CCC5(C)C4CC34CC4(C)CCC21N. The van der Waals surface area contributed by atoms with Crippen LogP contribution in [0.25, 0.3) is 0 Å². The molecule has 36 heavy (non-hydrogen) atoms. The maximum absolute atomic E-state index is 7.38. The maximum atomic E-state index is 7.38. The van der Waals surface area contributed by atoms with Gasteiger partial charge < -0.3 is 16.8 Å². The Morgan fingerprint density at radius 3 is 2.83 bits per heavy atom. The van der Waals surface area contributed by atoms with Crippen LogP contribution in [0.1, 0.15) is 85.0 Å². The van der Waals surface area contributed by atoms with E-state index in [0.29, 0.717) is 28.2 Å². The van der Waals surface area contributed by atoms with Crippen LogP contribution in [0.5, 0.6) is 0 Å². The zero-order chi connectivity index (χ0) is 25.3. The van der Waals surface area contributed by atoms with Gasteiger partial charge in [0.2, 0.25) is 0 Å². The van der Waals surface area contributed by atoms with Gasteiger partial charge in [-0.25, -0.2) is 5.48 Å². The Hall–Kier alpha value is -0.500. The molecule has 6 nitrogen and oxygen atoms in total. The van der Waals surface area contributed by atoms with Crippen LogP contribution >= 0.6 is 0 Å². The highest BCUT2D eigenvalue weighted by molar-refractivity contribution is 5.30. The number of allylic oxidation sites excluding steroid dienone is 1. The molecule has 0 aromatic rings. The molecule has 10 unspecified atom stereocenters. The first-order chi connectivity index (χ1) is 17.2. The Balaban J connectivity index is 1.27. The molecule has 2 saturated heterocycles. The summed E-state index contributed by atoms with van der Waals surface area (Å²) < 4.78 is 0. The summed E-state index contributed by atoms with van der Waals surface area (Å²) in [7, 11) is 2.04. The van der Waals surface area contributed by atoms with Crippen LogP contribution in [-0.2, 0) is 4.84 Å².